The number of para-hydroxylation sites is 2. The van der Waals surface area contributed by atoms with Crippen molar-refractivity contribution >= 4 is 28.2 Å². The maximum absolute atomic E-state index is 9.73. The predicted octanol–water partition coefficient (Wildman–Crippen LogP) is 3.21. The van der Waals surface area contributed by atoms with Gasteiger partial charge in [0.05, 0.1) is 0 Å². The van der Waals surface area contributed by atoms with Crippen molar-refractivity contribution in [3.05, 3.63) is 65.5 Å². The largest absolute Gasteiger partial charge is 0.272 e. The van der Waals surface area contributed by atoms with Gasteiger partial charge in [0.25, 0.3) is 0 Å². The van der Waals surface area contributed by atoms with Crippen molar-refractivity contribution in [2.45, 2.75) is 20.3 Å². The van der Waals surface area contributed by atoms with Gasteiger partial charge in [-0.1, -0.05) is 19.1 Å². The molecule has 0 fully saturated rings. The van der Waals surface area contributed by atoms with Gasteiger partial charge in [-0.05, 0) is 31.0 Å². The second kappa shape index (κ2) is 5.91. The smallest absolute Gasteiger partial charge is 0.250 e. The van der Waals surface area contributed by atoms with E-state index in [0.29, 0.717) is 5.56 Å². The zero-order valence-corrected chi connectivity index (χ0v) is 14.2. The van der Waals surface area contributed by atoms with Crippen molar-refractivity contribution in [2.75, 3.05) is 5.32 Å². The van der Waals surface area contributed by atoms with E-state index >= 15 is 0 Å². The van der Waals surface area contributed by atoms with Crippen LogP contribution < -0.4 is 14.7 Å². The molecule has 0 aliphatic rings. The summed E-state index contributed by atoms with van der Waals surface area (Å²) in [7, 11) is 0. The van der Waals surface area contributed by atoms with Crippen LogP contribution >= 0.6 is 0 Å². The number of H-pyrrole nitrogens is 2. The molecule has 3 heterocycles. The van der Waals surface area contributed by atoms with Crippen LogP contribution in [0.1, 0.15) is 23.6 Å². The van der Waals surface area contributed by atoms with Crippen LogP contribution in [0.5, 0.6) is 0 Å². The summed E-state index contributed by atoms with van der Waals surface area (Å²) < 4.78 is 2.12. The Balaban J connectivity index is 2.13. The highest BCUT2D eigenvalue weighted by Gasteiger charge is 2.25. The molecule has 0 bridgehead atoms. The minimum absolute atomic E-state index is 0.694. The summed E-state index contributed by atoms with van der Waals surface area (Å²) in [6.45, 7) is 4.14. The van der Waals surface area contributed by atoms with E-state index in [4.69, 9.17) is 0 Å². The first-order valence-corrected chi connectivity index (χ1v) is 8.35. The number of fused-ring (bicyclic) bond motifs is 3. The third kappa shape index (κ3) is 2.31. The molecule has 0 radical (unpaired) electrons. The Labute approximate surface area is 145 Å². The van der Waals surface area contributed by atoms with Crippen molar-refractivity contribution in [1.82, 2.24) is 4.98 Å². The number of anilines is 2. The van der Waals surface area contributed by atoms with Gasteiger partial charge in [0, 0.05) is 17.7 Å². The van der Waals surface area contributed by atoms with Crippen molar-refractivity contribution < 1.29 is 9.38 Å². The van der Waals surface area contributed by atoms with Crippen molar-refractivity contribution in [3.8, 4) is 6.07 Å². The molecular formula is C20H19N5+2. The fraction of sp³-hybridized carbons (Fsp3) is 0.150. The lowest BCUT2D eigenvalue weighted by Gasteiger charge is -2.12. The summed E-state index contributed by atoms with van der Waals surface area (Å²) in [5, 5.41) is 13.3. The number of pyridine rings is 2. The Bertz CT molecular complexity index is 1120. The van der Waals surface area contributed by atoms with E-state index in [-0.39, 0.29) is 0 Å². The van der Waals surface area contributed by atoms with Gasteiger partial charge >= 0.3 is 0 Å². The Morgan fingerprint density at radius 3 is 2.68 bits per heavy atom. The SMILES string of the molecule is CCc1c(C)c(C#N)c2[nH]c3ccccc3[n+]2c1Nc1cc[nH+]cc1. The van der Waals surface area contributed by atoms with Crippen molar-refractivity contribution in [1.29, 1.82) is 5.26 Å². The summed E-state index contributed by atoms with van der Waals surface area (Å²) in [6.07, 6.45) is 4.62. The molecule has 3 aromatic heterocycles. The molecule has 3 N–H and O–H groups in total. The number of hydrogen-bond donors (Lipinski definition) is 2. The number of rotatable bonds is 3. The lowest BCUT2D eigenvalue weighted by Crippen LogP contribution is -2.28. The van der Waals surface area contributed by atoms with Gasteiger partial charge in [-0.3, -0.25) is 10.3 Å². The third-order valence-corrected chi connectivity index (χ3v) is 4.64. The summed E-state index contributed by atoms with van der Waals surface area (Å²) >= 11 is 0. The van der Waals surface area contributed by atoms with Crippen LogP contribution in [-0.4, -0.2) is 4.98 Å². The normalized spacial score (nSPS) is 10.9. The monoisotopic (exact) mass is 329 g/mol. The van der Waals surface area contributed by atoms with E-state index in [9.17, 15) is 5.26 Å². The van der Waals surface area contributed by atoms with Crippen LogP contribution in [0, 0.1) is 18.3 Å². The number of aromatic nitrogens is 3. The average Bonchev–Trinajstić information content (AvgIpc) is 3.02. The van der Waals surface area contributed by atoms with Crippen LogP contribution in [0.3, 0.4) is 0 Å². The number of aromatic amines is 2. The van der Waals surface area contributed by atoms with E-state index in [1.165, 1.54) is 0 Å². The Morgan fingerprint density at radius 2 is 1.96 bits per heavy atom. The molecule has 4 aromatic rings. The van der Waals surface area contributed by atoms with E-state index in [2.05, 4.69) is 38.7 Å². The molecule has 122 valence electrons. The number of hydrogen-bond acceptors (Lipinski definition) is 2. The summed E-state index contributed by atoms with van der Waals surface area (Å²) in [5.74, 6) is 0.998. The van der Waals surface area contributed by atoms with Crippen LogP contribution in [0.25, 0.3) is 16.7 Å². The first-order chi connectivity index (χ1) is 12.2. The molecule has 4 rings (SSSR count). The van der Waals surface area contributed by atoms with E-state index < -0.39 is 0 Å². The molecule has 0 amide bonds. The maximum Gasteiger partial charge on any atom is 0.250 e. The van der Waals surface area contributed by atoms with E-state index in [0.717, 1.165) is 45.7 Å². The first kappa shape index (κ1) is 15.2. The Morgan fingerprint density at radius 1 is 1.20 bits per heavy atom. The highest BCUT2D eigenvalue weighted by atomic mass is 15.1. The number of nitrogens with one attached hydrogen (secondary N) is 3. The van der Waals surface area contributed by atoms with E-state index in [1.807, 2.05) is 49.6 Å². The Kier molecular flexibility index (Phi) is 3.58. The van der Waals surface area contributed by atoms with Gasteiger partial charge < -0.3 is 0 Å². The third-order valence-electron chi connectivity index (χ3n) is 4.64. The second-order valence-electron chi connectivity index (χ2n) is 6.03. The topological polar surface area (TPSA) is 69.8 Å². The van der Waals surface area contributed by atoms with Crippen LogP contribution in [0.15, 0.2) is 48.8 Å². The number of nitriles is 1. The molecule has 0 aliphatic carbocycles. The standard InChI is InChI=1S/C20H17N5/c1-3-15-13(2)16(12-21)20-24-17-6-4-5-7-18(17)25(20)19(15)23-14-8-10-22-11-9-14/h4-11H,3H2,1-2H3,(H,22,23,24)/p+2. The van der Waals surface area contributed by atoms with Gasteiger partial charge in [-0.15, -0.1) is 0 Å². The number of nitrogens with zero attached hydrogens (tertiary/aromatic N) is 2. The lowest BCUT2D eigenvalue weighted by atomic mass is 10.0. The summed E-state index contributed by atoms with van der Waals surface area (Å²) in [6, 6.07) is 14.5. The first-order valence-electron chi connectivity index (χ1n) is 8.35. The molecule has 25 heavy (non-hydrogen) atoms. The van der Waals surface area contributed by atoms with Crippen LogP contribution in [0.2, 0.25) is 0 Å². The van der Waals surface area contributed by atoms with Crippen molar-refractivity contribution in [3.63, 3.8) is 0 Å². The number of benzene rings is 1. The molecule has 5 nitrogen and oxygen atoms in total. The fourth-order valence-corrected chi connectivity index (χ4v) is 3.43. The molecule has 0 saturated carbocycles. The lowest BCUT2D eigenvalue weighted by molar-refractivity contribution is -0.465. The quantitative estimate of drug-likeness (QED) is 0.567. The molecule has 0 unspecified atom stereocenters. The van der Waals surface area contributed by atoms with Gasteiger partial charge in [0.2, 0.25) is 11.5 Å². The molecule has 5 heteroatoms. The molecule has 0 atom stereocenters. The minimum atomic E-state index is 0.694. The number of imidazole rings is 1. The second-order valence-corrected chi connectivity index (χ2v) is 6.03. The van der Waals surface area contributed by atoms with Gasteiger partial charge in [0.1, 0.15) is 28.4 Å². The molecular weight excluding hydrogens is 310 g/mol. The molecule has 0 aliphatic heterocycles. The van der Waals surface area contributed by atoms with Crippen molar-refractivity contribution in [2.24, 2.45) is 0 Å². The highest BCUT2D eigenvalue weighted by molar-refractivity contribution is 5.78. The summed E-state index contributed by atoms with van der Waals surface area (Å²) in [4.78, 5) is 6.45. The fourth-order valence-electron chi connectivity index (χ4n) is 3.43. The van der Waals surface area contributed by atoms with Gasteiger partial charge in [0.15, 0.2) is 12.4 Å². The predicted molar refractivity (Wildman–Crippen MR) is 96.6 cm³/mol. The molecule has 1 aromatic carbocycles. The molecule has 0 saturated heterocycles. The zero-order chi connectivity index (χ0) is 17.4. The zero-order valence-electron chi connectivity index (χ0n) is 14.2. The van der Waals surface area contributed by atoms with Crippen LogP contribution in [-0.2, 0) is 6.42 Å². The highest BCUT2D eigenvalue weighted by Crippen LogP contribution is 2.27. The van der Waals surface area contributed by atoms with Gasteiger partial charge in [-0.25, -0.2) is 4.98 Å². The molecule has 0 spiro atoms. The Hall–Kier alpha value is -3.39. The maximum atomic E-state index is 9.73. The minimum Gasteiger partial charge on any atom is -0.272 e. The van der Waals surface area contributed by atoms with Crippen LogP contribution in [0.4, 0.5) is 11.5 Å². The summed E-state index contributed by atoms with van der Waals surface area (Å²) in [5.41, 5.74) is 6.73. The van der Waals surface area contributed by atoms with E-state index in [1.54, 1.807) is 0 Å². The average molecular weight is 329 g/mol. The van der Waals surface area contributed by atoms with Gasteiger partial charge in [-0.2, -0.15) is 9.66 Å².